The standard InChI is InChI=1S/C10H20N2O3/c1-7(6-14-2)15-8-3-4-10(12,5-8)9(11)13/h7-8H,3-6,12H2,1-2H3,(H2,11,13). The van der Waals surface area contributed by atoms with Crippen LogP contribution in [0.4, 0.5) is 0 Å². The molecule has 15 heavy (non-hydrogen) atoms. The zero-order chi connectivity index (χ0) is 11.5. The zero-order valence-corrected chi connectivity index (χ0v) is 9.36. The van der Waals surface area contributed by atoms with Gasteiger partial charge in [0.05, 0.1) is 24.4 Å². The molecule has 0 aromatic carbocycles. The Morgan fingerprint density at radius 2 is 2.33 bits per heavy atom. The monoisotopic (exact) mass is 216 g/mol. The number of ether oxygens (including phenoxy) is 2. The van der Waals surface area contributed by atoms with Crippen molar-refractivity contribution in [3.8, 4) is 0 Å². The lowest BCUT2D eigenvalue weighted by Gasteiger charge is -2.21. The largest absolute Gasteiger partial charge is 0.382 e. The fourth-order valence-corrected chi connectivity index (χ4v) is 1.97. The van der Waals surface area contributed by atoms with Crippen LogP contribution >= 0.6 is 0 Å². The molecule has 0 aromatic heterocycles. The number of hydrogen-bond acceptors (Lipinski definition) is 4. The fraction of sp³-hybridized carbons (Fsp3) is 0.900. The minimum absolute atomic E-state index is 0.0210. The van der Waals surface area contributed by atoms with E-state index in [4.69, 9.17) is 20.9 Å². The van der Waals surface area contributed by atoms with Crippen molar-refractivity contribution >= 4 is 5.91 Å². The van der Waals surface area contributed by atoms with Crippen molar-refractivity contribution in [2.45, 2.75) is 43.9 Å². The van der Waals surface area contributed by atoms with Gasteiger partial charge in [-0.05, 0) is 19.8 Å². The van der Waals surface area contributed by atoms with Gasteiger partial charge in [0.15, 0.2) is 0 Å². The molecule has 1 saturated carbocycles. The lowest BCUT2D eigenvalue weighted by atomic mass is 9.99. The minimum atomic E-state index is -0.878. The highest BCUT2D eigenvalue weighted by molar-refractivity contribution is 5.84. The van der Waals surface area contributed by atoms with Crippen LogP contribution in [0.25, 0.3) is 0 Å². The second kappa shape index (κ2) is 4.92. The second-order valence-corrected chi connectivity index (χ2v) is 4.29. The molecule has 0 aromatic rings. The van der Waals surface area contributed by atoms with Crippen molar-refractivity contribution in [3.63, 3.8) is 0 Å². The molecule has 3 atom stereocenters. The number of carbonyl (C=O) groups is 1. The topological polar surface area (TPSA) is 87.6 Å². The number of nitrogens with two attached hydrogens (primary N) is 2. The summed E-state index contributed by atoms with van der Waals surface area (Å²) in [6, 6.07) is 0. The van der Waals surface area contributed by atoms with Crippen LogP contribution < -0.4 is 11.5 Å². The zero-order valence-electron chi connectivity index (χ0n) is 9.36. The summed E-state index contributed by atoms with van der Waals surface area (Å²) < 4.78 is 10.6. The van der Waals surface area contributed by atoms with Crippen molar-refractivity contribution in [2.24, 2.45) is 11.5 Å². The number of rotatable bonds is 5. The van der Waals surface area contributed by atoms with Crippen LogP contribution in [-0.4, -0.2) is 37.4 Å². The van der Waals surface area contributed by atoms with Gasteiger partial charge in [-0.2, -0.15) is 0 Å². The van der Waals surface area contributed by atoms with Gasteiger partial charge in [-0.15, -0.1) is 0 Å². The molecular weight excluding hydrogens is 196 g/mol. The van der Waals surface area contributed by atoms with Gasteiger partial charge in [-0.25, -0.2) is 0 Å². The first-order chi connectivity index (χ1) is 6.98. The minimum Gasteiger partial charge on any atom is -0.382 e. The lowest BCUT2D eigenvalue weighted by molar-refractivity contribution is -0.123. The van der Waals surface area contributed by atoms with Crippen LogP contribution in [0, 0.1) is 0 Å². The summed E-state index contributed by atoms with van der Waals surface area (Å²) in [5, 5.41) is 0. The molecule has 5 heteroatoms. The fourth-order valence-electron chi connectivity index (χ4n) is 1.97. The number of primary amides is 1. The molecule has 1 aliphatic carbocycles. The molecule has 3 unspecified atom stereocenters. The predicted molar refractivity (Wildman–Crippen MR) is 56.2 cm³/mol. The summed E-state index contributed by atoms with van der Waals surface area (Å²) in [4.78, 5) is 11.1. The molecule has 1 amide bonds. The van der Waals surface area contributed by atoms with Crippen molar-refractivity contribution in [1.29, 1.82) is 0 Å². The molecule has 0 saturated heterocycles. The Hall–Kier alpha value is -0.650. The smallest absolute Gasteiger partial charge is 0.237 e. The summed E-state index contributed by atoms with van der Waals surface area (Å²) in [5.74, 6) is -0.437. The SMILES string of the molecule is COCC(C)OC1CCC(N)(C(N)=O)C1. The average Bonchev–Trinajstić information content (AvgIpc) is 2.49. The van der Waals surface area contributed by atoms with Crippen molar-refractivity contribution in [3.05, 3.63) is 0 Å². The average molecular weight is 216 g/mol. The van der Waals surface area contributed by atoms with E-state index in [2.05, 4.69) is 0 Å². The Morgan fingerprint density at radius 3 is 2.80 bits per heavy atom. The van der Waals surface area contributed by atoms with Gasteiger partial charge in [-0.1, -0.05) is 0 Å². The first-order valence-electron chi connectivity index (χ1n) is 5.21. The Kier molecular flexibility index (Phi) is 4.07. The van der Waals surface area contributed by atoms with Crippen molar-refractivity contribution in [1.82, 2.24) is 0 Å². The normalized spacial score (nSPS) is 32.9. The molecule has 0 aliphatic heterocycles. The van der Waals surface area contributed by atoms with E-state index in [0.29, 0.717) is 19.4 Å². The molecule has 0 heterocycles. The van der Waals surface area contributed by atoms with Crippen LogP contribution in [0.15, 0.2) is 0 Å². The highest BCUT2D eigenvalue weighted by Gasteiger charge is 2.41. The quantitative estimate of drug-likeness (QED) is 0.664. The molecule has 1 aliphatic rings. The van der Waals surface area contributed by atoms with E-state index in [9.17, 15) is 4.79 Å². The van der Waals surface area contributed by atoms with E-state index in [1.165, 1.54) is 0 Å². The molecule has 4 N–H and O–H groups in total. The van der Waals surface area contributed by atoms with Crippen LogP contribution in [0.1, 0.15) is 26.2 Å². The number of carbonyl (C=O) groups excluding carboxylic acids is 1. The Labute approximate surface area is 90.1 Å². The second-order valence-electron chi connectivity index (χ2n) is 4.29. The maximum atomic E-state index is 11.1. The molecule has 1 rings (SSSR count). The lowest BCUT2D eigenvalue weighted by Crippen LogP contribution is -2.50. The van der Waals surface area contributed by atoms with Gasteiger partial charge in [0, 0.05) is 13.5 Å². The summed E-state index contributed by atoms with van der Waals surface area (Å²) in [6.45, 7) is 2.48. The molecule has 5 nitrogen and oxygen atoms in total. The van der Waals surface area contributed by atoms with E-state index in [0.717, 1.165) is 6.42 Å². The first-order valence-corrected chi connectivity index (χ1v) is 5.21. The van der Waals surface area contributed by atoms with Gasteiger partial charge >= 0.3 is 0 Å². The molecule has 0 spiro atoms. The Morgan fingerprint density at radius 1 is 1.67 bits per heavy atom. The summed E-state index contributed by atoms with van der Waals surface area (Å²) in [5.41, 5.74) is 10.2. The molecule has 0 bridgehead atoms. The van der Waals surface area contributed by atoms with Crippen molar-refractivity contribution < 1.29 is 14.3 Å². The van der Waals surface area contributed by atoms with Crippen molar-refractivity contribution in [2.75, 3.05) is 13.7 Å². The highest BCUT2D eigenvalue weighted by Crippen LogP contribution is 2.30. The maximum absolute atomic E-state index is 11.1. The third kappa shape index (κ3) is 3.15. The van der Waals surface area contributed by atoms with E-state index in [1.807, 2.05) is 6.92 Å². The van der Waals surface area contributed by atoms with Crippen LogP contribution in [-0.2, 0) is 14.3 Å². The summed E-state index contributed by atoms with van der Waals surface area (Å²) >= 11 is 0. The van der Waals surface area contributed by atoms with E-state index < -0.39 is 11.4 Å². The number of amides is 1. The van der Waals surface area contributed by atoms with Gasteiger partial charge in [0.25, 0.3) is 0 Å². The molecule has 1 fully saturated rings. The third-order valence-corrected chi connectivity index (χ3v) is 2.82. The molecular formula is C10H20N2O3. The van der Waals surface area contributed by atoms with Crippen LogP contribution in [0.5, 0.6) is 0 Å². The van der Waals surface area contributed by atoms with Crippen LogP contribution in [0.3, 0.4) is 0 Å². The Balaban J connectivity index is 2.39. The van der Waals surface area contributed by atoms with Gasteiger partial charge in [0.2, 0.25) is 5.91 Å². The molecule has 0 radical (unpaired) electrons. The number of hydrogen-bond donors (Lipinski definition) is 2. The van der Waals surface area contributed by atoms with E-state index >= 15 is 0 Å². The first kappa shape index (κ1) is 12.4. The maximum Gasteiger partial charge on any atom is 0.237 e. The highest BCUT2D eigenvalue weighted by atomic mass is 16.5. The van der Waals surface area contributed by atoms with Gasteiger partial charge in [0.1, 0.15) is 0 Å². The molecule has 88 valence electrons. The predicted octanol–water partition coefficient (Wildman–Crippen LogP) is -0.227. The third-order valence-electron chi connectivity index (χ3n) is 2.82. The number of methoxy groups -OCH3 is 1. The summed E-state index contributed by atoms with van der Waals surface area (Å²) in [6.07, 6.45) is 1.94. The van der Waals surface area contributed by atoms with E-state index in [1.54, 1.807) is 7.11 Å². The van der Waals surface area contributed by atoms with Crippen LogP contribution in [0.2, 0.25) is 0 Å². The Bertz CT molecular complexity index is 235. The van der Waals surface area contributed by atoms with Gasteiger partial charge < -0.3 is 20.9 Å². The van der Waals surface area contributed by atoms with E-state index in [-0.39, 0.29) is 12.2 Å². The summed E-state index contributed by atoms with van der Waals surface area (Å²) in [7, 11) is 1.63. The van der Waals surface area contributed by atoms with Gasteiger partial charge in [-0.3, -0.25) is 4.79 Å².